The second-order valence-electron chi connectivity index (χ2n) is 6.63. The van der Waals surface area contributed by atoms with E-state index >= 15 is 0 Å². The number of hydrogen-bond donors (Lipinski definition) is 3. The third-order valence-corrected chi connectivity index (χ3v) is 4.24. The molecule has 0 aliphatic carbocycles. The number of aliphatic imine (C=N–C) groups is 1. The van der Waals surface area contributed by atoms with Gasteiger partial charge >= 0.3 is 0 Å². The largest absolute Gasteiger partial charge is 0.490 e. The molecule has 0 atom stereocenters. The molecule has 0 aliphatic rings. The average molecular weight is 540 g/mol. The van der Waals surface area contributed by atoms with Gasteiger partial charge in [-0.05, 0) is 55.7 Å². The lowest BCUT2D eigenvalue weighted by molar-refractivity contribution is -0.114. The van der Waals surface area contributed by atoms with Crippen LogP contribution in [0.25, 0.3) is 0 Å². The van der Waals surface area contributed by atoms with E-state index in [4.69, 9.17) is 9.47 Å². The third kappa shape index (κ3) is 9.46. The van der Waals surface area contributed by atoms with Crippen molar-refractivity contribution >= 4 is 41.5 Å². The van der Waals surface area contributed by atoms with Crippen LogP contribution in [0.4, 0.5) is 5.69 Å². The Labute approximate surface area is 202 Å². The van der Waals surface area contributed by atoms with Gasteiger partial charge in [-0.1, -0.05) is 18.2 Å². The summed E-state index contributed by atoms with van der Waals surface area (Å²) in [4.78, 5) is 15.5. The lowest BCUT2D eigenvalue weighted by Gasteiger charge is -2.14. The summed E-state index contributed by atoms with van der Waals surface area (Å²) < 4.78 is 11.3. The van der Waals surface area contributed by atoms with E-state index in [0.717, 1.165) is 47.2 Å². The Morgan fingerprint density at radius 2 is 1.71 bits per heavy atom. The smallest absolute Gasteiger partial charge is 0.221 e. The predicted molar refractivity (Wildman–Crippen MR) is 137 cm³/mol. The number of hydrogen-bond acceptors (Lipinski definition) is 4. The maximum Gasteiger partial charge on any atom is 0.221 e. The molecule has 2 aromatic carbocycles. The van der Waals surface area contributed by atoms with Crippen LogP contribution in [0.15, 0.2) is 47.5 Å². The van der Waals surface area contributed by atoms with Gasteiger partial charge in [-0.15, -0.1) is 24.0 Å². The van der Waals surface area contributed by atoms with Crippen LogP contribution in [0.5, 0.6) is 11.5 Å². The van der Waals surface area contributed by atoms with Crippen molar-refractivity contribution in [2.75, 3.05) is 32.1 Å². The number of carbonyl (C=O) groups is 1. The van der Waals surface area contributed by atoms with Crippen LogP contribution in [-0.2, 0) is 17.8 Å². The number of carbonyl (C=O) groups excluding carboxylic acids is 1. The molecule has 1 amide bonds. The molecule has 0 unspecified atom stereocenters. The molecule has 0 bridgehead atoms. The summed E-state index contributed by atoms with van der Waals surface area (Å²) in [6, 6.07) is 13.8. The van der Waals surface area contributed by atoms with Gasteiger partial charge in [-0.3, -0.25) is 9.79 Å². The van der Waals surface area contributed by atoms with Crippen LogP contribution in [0.1, 0.15) is 31.9 Å². The molecule has 0 fully saturated rings. The fourth-order valence-electron chi connectivity index (χ4n) is 2.94. The van der Waals surface area contributed by atoms with Crippen LogP contribution in [0.3, 0.4) is 0 Å². The topological polar surface area (TPSA) is 84.0 Å². The lowest BCUT2D eigenvalue weighted by Crippen LogP contribution is -2.37. The second-order valence-corrected chi connectivity index (χ2v) is 6.63. The van der Waals surface area contributed by atoms with Crippen molar-refractivity contribution in [2.24, 2.45) is 4.99 Å². The van der Waals surface area contributed by atoms with Gasteiger partial charge in [0.1, 0.15) is 0 Å². The van der Waals surface area contributed by atoms with E-state index < -0.39 is 0 Å². The SMILES string of the molecule is CCOc1ccc(CCNC(=NC)NCc2cccc(NC(C)=O)c2)cc1OCC.I. The van der Waals surface area contributed by atoms with Crippen LogP contribution < -0.4 is 25.4 Å². The van der Waals surface area contributed by atoms with Gasteiger partial charge in [0, 0.05) is 32.7 Å². The van der Waals surface area contributed by atoms with Crippen molar-refractivity contribution in [3.8, 4) is 11.5 Å². The van der Waals surface area contributed by atoms with Crippen molar-refractivity contribution in [2.45, 2.75) is 33.7 Å². The normalized spacial score (nSPS) is 10.6. The molecule has 0 aromatic heterocycles. The molecular weight excluding hydrogens is 507 g/mol. The summed E-state index contributed by atoms with van der Waals surface area (Å²) in [7, 11) is 1.74. The number of ether oxygens (including phenoxy) is 2. The van der Waals surface area contributed by atoms with E-state index in [1.165, 1.54) is 6.92 Å². The first-order valence-electron chi connectivity index (χ1n) is 10.2. The molecule has 0 heterocycles. The maximum absolute atomic E-state index is 11.2. The minimum atomic E-state index is -0.0839. The molecule has 7 nitrogen and oxygen atoms in total. The quantitative estimate of drug-likeness (QED) is 0.242. The van der Waals surface area contributed by atoms with Gasteiger partial charge < -0.3 is 25.4 Å². The van der Waals surface area contributed by atoms with Gasteiger partial charge in [-0.2, -0.15) is 0 Å². The monoisotopic (exact) mass is 540 g/mol. The fraction of sp³-hybridized carbons (Fsp3) is 0.391. The van der Waals surface area contributed by atoms with Crippen molar-refractivity contribution in [3.05, 3.63) is 53.6 Å². The summed E-state index contributed by atoms with van der Waals surface area (Å²) in [6.45, 7) is 7.96. The molecule has 31 heavy (non-hydrogen) atoms. The highest BCUT2D eigenvalue weighted by Gasteiger charge is 2.07. The highest BCUT2D eigenvalue weighted by molar-refractivity contribution is 14.0. The van der Waals surface area contributed by atoms with Gasteiger partial charge in [0.15, 0.2) is 17.5 Å². The zero-order valence-corrected chi connectivity index (χ0v) is 21.0. The minimum absolute atomic E-state index is 0. The van der Waals surface area contributed by atoms with Gasteiger partial charge in [0.05, 0.1) is 13.2 Å². The maximum atomic E-state index is 11.2. The molecule has 0 spiro atoms. The van der Waals surface area contributed by atoms with Crippen molar-refractivity contribution < 1.29 is 14.3 Å². The first-order chi connectivity index (χ1) is 14.5. The molecule has 0 saturated heterocycles. The Hall–Kier alpha value is -2.49. The van der Waals surface area contributed by atoms with Crippen molar-refractivity contribution in [1.82, 2.24) is 10.6 Å². The predicted octanol–water partition coefficient (Wildman–Crippen LogP) is 3.97. The summed E-state index contributed by atoms with van der Waals surface area (Å²) in [5.41, 5.74) is 3.00. The lowest BCUT2D eigenvalue weighted by atomic mass is 10.1. The number of rotatable bonds is 10. The Balaban J connectivity index is 0.00000480. The molecule has 0 aliphatic heterocycles. The number of halogens is 1. The number of anilines is 1. The van der Waals surface area contributed by atoms with Crippen LogP contribution in [0.2, 0.25) is 0 Å². The Morgan fingerprint density at radius 3 is 2.39 bits per heavy atom. The fourth-order valence-corrected chi connectivity index (χ4v) is 2.94. The van der Waals surface area contributed by atoms with Crippen LogP contribution >= 0.6 is 24.0 Å². The molecule has 2 rings (SSSR count). The summed E-state index contributed by atoms with van der Waals surface area (Å²) in [6.07, 6.45) is 0.825. The first kappa shape index (κ1) is 26.5. The highest BCUT2D eigenvalue weighted by atomic mass is 127. The Bertz CT molecular complexity index is 858. The zero-order chi connectivity index (χ0) is 21.8. The molecule has 170 valence electrons. The third-order valence-electron chi connectivity index (χ3n) is 4.24. The molecule has 2 aromatic rings. The molecule has 0 radical (unpaired) electrons. The zero-order valence-electron chi connectivity index (χ0n) is 18.7. The number of benzene rings is 2. The Morgan fingerprint density at radius 1 is 0.968 bits per heavy atom. The van der Waals surface area contributed by atoms with Gasteiger partial charge in [0.2, 0.25) is 5.91 Å². The summed E-state index contributed by atoms with van der Waals surface area (Å²) >= 11 is 0. The summed E-state index contributed by atoms with van der Waals surface area (Å²) in [5, 5.41) is 9.41. The second kappa shape index (κ2) is 14.5. The molecule has 3 N–H and O–H groups in total. The molecule has 0 saturated carbocycles. The number of amides is 1. The highest BCUT2D eigenvalue weighted by Crippen LogP contribution is 2.28. The molecular formula is C23H33IN4O3. The van der Waals surface area contributed by atoms with Gasteiger partial charge in [-0.25, -0.2) is 0 Å². The van der Waals surface area contributed by atoms with E-state index in [1.807, 2.05) is 50.2 Å². The number of guanidine groups is 1. The molecule has 8 heteroatoms. The number of nitrogens with one attached hydrogen (secondary N) is 3. The minimum Gasteiger partial charge on any atom is -0.490 e. The van der Waals surface area contributed by atoms with Crippen molar-refractivity contribution in [3.63, 3.8) is 0 Å². The van der Waals surface area contributed by atoms with E-state index in [9.17, 15) is 4.79 Å². The van der Waals surface area contributed by atoms with Crippen LogP contribution in [0, 0.1) is 0 Å². The van der Waals surface area contributed by atoms with E-state index in [2.05, 4.69) is 27.0 Å². The van der Waals surface area contributed by atoms with Crippen LogP contribution in [-0.4, -0.2) is 38.7 Å². The van der Waals surface area contributed by atoms with E-state index in [1.54, 1.807) is 7.05 Å². The van der Waals surface area contributed by atoms with E-state index in [-0.39, 0.29) is 29.9 Å². The standard InChI is InChI=1S/C23H32N4O3.HI/c1-5-29-21-11-10-18(15-22(21)30-6-2)12-13-25-23(24-4)26-16-19-8-7-9-20(14-19)27-17(3)28;/h7-11,14-15H,5-6,12-13,16H2,1-4H3,(H,27,28)(H2,24,25,26);1H. The Kier molecular flexibility index (Phi) is 12.4. The average Bonchev–Trinajstić information content (AvgIpc) is 2.72. The number of nitrogens with zero attached hydrogens (tertiary/aromatic N) is 1. The van der Waals surface area contributed by atoms with Gasteiger partial charge in [0.25, 0.3) is 0 Å². The van der Waals surface area contributed by atoms with Crippen molar-refractivity contribution in [1.29, 1.82) is 0 Å². The first-order valence-corrected chi connectivity index (χ1v) is 10.2. The van der Waals surface area contributed by atoms with E-state index in [0.29, 0.717) is 19.8 Å². The summed E-state index contributed by atoms with van der Waals surface area (Å²) in [5.74, 6) is 2.18.